The van der Waals surface area contributed by atoms with Gasteiger partial charge in [-0.3, -0.25) is 14.4 Å². The molecule has 142 valence electrons. The summed E-state index contributed by atoms with van der Waals surface area (Å²) >= 11 is 0. The summed E-state index contributed by atoms with van der Waals surface area (Å²) in [5, 5.41) is 5.60. The number of carbonyl (C=O) groups excluding carboxylic acids is 3. The summed E-state index contributed by atoms with van der Waals surface area (Å²) < 4.78 is 4.79. The third-order valence-electron chi connectivity index (χ3n) is 3.85. The van der Waals surface area contributed by atoms with Crippen molar-refractivity contribution in [3.63, 3.8) is 0 Å². The van der Waals surface area contributed by atoms with Gasteiger partial charge in [-0.25, -0.2) is 0 Å². The molecule has 0 saturated heterocycles. The number of anilines is 1. The number of carbonyl (C=O) groups is 3. The monoisotopic (exact) mass is 368 g/mol. The Morgan fingerprint density at radius 3 is 2.44 bits per heavy atom. The zero-order chi connectivity index (χ0) is 19.6. The Bertz CT molecular complexity index is 800. The second-order valence-corrected chi connectivity index (χ2v) is 6.10. The molecule has 27 heavy (non-hydrogen) atoms. The maximum atomic E-state index is 12.3. The van der Waals surface area contributed by atoms with Crippen LogP contribution in [-0.4, -0.2) is 24.4 Å². The van der Waals surface area contributed by atoms with E-state index in [-0.39, 0.29) is 30.6 Å². The second kappa shape index (κ2) is 10.1. The highest BCUT2D eigenvalue weighted by Gasteiger charge is 2.08. The van der Waals surface area contributed by atoms with Gasteiger partial charge in [0.1, 0.15) is 0 Å². The summed E-state index contributed by atoms with van der Waals surface area (Å²) in [5.41, 5.74) is 3.17. The molecular formula is C21H24N2O4. The number of amides is 2. The molecule has 0 atom stereocenters. The summed E-state index contributed by atoms with van der Waals surface area (Å²) in [4.78, 5) is 35.4. The van der Waals surface area contributed by atoms with Crippen molar-refractivity contribution in [2.75, 3.05) is 11.9 Å². The Balaban J connectivity index is 1.85. The Kier molecular flexibility index (Phi) is 7.55. The highest BCUT2D eigenvalue weighted by atomic mass is 16.5. The van der Waals surface area contributed by atoms with Crippen LogP contribution < -0.4 is 10.6 Å². The number of hydrogen-bond acceptors (Lipinski definition) is 4. The Morgan fingerprint density at radius 2 is 1.74 bits per heavy atom. The van der Waals surface area contributed by atoms with Gasteiger partial charge >= 0.3 is 5.97 Å². The number of hydrogen-bond donors (Lipinski definition) is 2. The van der Waals surface area contributed by atoms with E-state index in [1.54, 1.807) is 31.2 Å². The third kappa shape index (κ3) is 6.93. The molecule has 2 aromatic carbocycles. The van der Waals surface area contributed by atoms with Crippen LogP contribution in [0.5, 0.6) is 0 Å². The molecule has 0 aromatic heterocycles. The Labute approximate surface area is 158 Å². The second-order valence-electron chi connectivity index (χ2n) is 6.10. The lowest BCUT2D eigenvalue weighted by molar-refractivity contribution is -0.144. The molecule has 0 bridgehead atoms. The van der Waals surface area contributed by atoms with Crippen LogP contribution in [0.15, 0.2) is 48.5 Å². The van der Waals surface area contributed by atoms with Crippen LogP contribution in [0, 0.1) is 6.92 Å². The van der Waals surface area contributed by atoms with Crippen LogP contribution in [0.1, 0.15) is 41.3 Å². The Morgan fingerprint density at radius 1 is 1.00 bits per heavy atom. The molecular weight excluding hydrogens is 344 g/mol. The minimum Gasteiger partial charge on any atom is -0.466 e. The first-order valence-corrected chi connectivity index (χ1v) is 8.87. The SMILES string of the molecule is CCOC(=O)CCC(=O)NCc1cccc(NC(=O)c2ccc(C)cc2)c1. The molecule has 0 heterocycles. The van der Waals surface area contributed by atoms with Gasteiger partial charge < -0.3 is 15.4 Å². The topological polar surface area (TPSA) is 84.5 Å². The number of esters is 1. The van der Waals surface area contributed by atoms with Gasteiger partial charge in [0.05, 0.1) is 13.0 Å². The van der Waals surface area contributed by atoms with Crippen LogP contribution in [0.2, 0.25) is 0 Å². The lowest BCUT2D eigenvalue weighted by atomic mass is 10.1. The molecule has 6 nitrogen and oxygen atoms in total. The normalized spacial score (nSPS) is 10.1. The largest absolute Gasteiger partial charge is 0.466 e. The fourth-order valence-electron chi connectivity index (χ4n) is 2.41. The molecule has 0 radical (unpaired) electrons. The summed E-state index contributed by atoms with van der Waals surface area (Å²) in [7, 11) is 0. The molecule has 0 fully saturated rings. The Hall–Kier alpha value is -3.15. The maximum absolute atomic E-state index is 12.3. The number of nitrogens with one attached hydrogen (secondary N) is 2. The predicted octanol–water partition coefficient (Wildman–Crippen LogP) is 3.21. The van der Waals surface area contributed by atoms with Crippen molar-refractivity contribution in [3.8, 4) is 0 Å². The highest BCUT2D eigenvalue weighted by molar-refractivity contribution is 6.04. The standard InChI is InChI=1S/C21H24N2O4/c1-3-27-20(25)12-11-19(24)22-14-16-5-4-6-18(13-16)23-21(26)17-9-7-15(2)8-10-17/h4-10,13H,3,11-12,14H2,1-2H3,(H,22,24)(H,23,26). The van der Waals surface area contributed by atoms with Crippen molar-refractivity contribution < 1.29 is 19.1 Å². The van der Waals surface area contributed by atoms with E-state index in [1.165, 1.54) is 0 Å². The number of ether oxygens (including phenoxy) is 1. The molecule has 0 aliphatic heterocycles. The lowest BCUT2D eigenvalue weighted by Gasteiger charge is -2.09. The van der Waals surface area contributed by atoms with E-state index < -0.39 is 0 Å². The fourth-order valence-corrected chi connectivity index (χ4v) is 2.41. The zero-order valence-corrected chi connectivity index (χ0v) is 15.6. The molecule has 2 amide bonds. The van der Waals surface area contributed by atoms with Crippen LogP contribution in [-0.2, 0) is 20.9 Å². The van der Waals surface area contributed by atoms with Crippen molar-refractivity contribution in [3.05, 3.63) is 65.2 Å². The average molecular weight is 368 g/mol. The third-order valence-corrected chi connectivity index (χ3v) is 3.85. The quantitative estimate of drug-likeness (QED) is 0.701. The summed E-state index contributed by atoms with van der Waals surface area (Å²) in [6.07, 6.45) is 0.148. The van der Waals surface area contributed by atoms with Crippen molar-refractivity contribution in [1.29, 1.82) is 0 Å². The first-order chi connectivity index (χ1) is 13.0. The molecule has 2 rings (SSSR count). The first kappa shape index (κ1) is 20.2. The van der Waals surface area contributed by atoms with Crippen molar-refractivity contribution >= 4 is 23.5 Å². The van der Waals surface area contributed by atoms with Gasteiger partial charge in [0.15, 0.2) is 0 Å². The summed E-state index contributed by atoms with van der Waals surface area (Å²) in [6.45, 7) is 4.31. The molecule has 0 aliphatic carbocycles. The minimum absolute atomic E-state index is 0.0618. The van der Waals surface area contributed by atoms with Crippen LogP contribution in [0.4, 0.5) is 5.69 Å². The van der Waals surface area contributed by atoms with Crippen molar-refractivity contribution in [2.45, 2.75) is 33.2 Å². The van der Waals surface area contributed by atoms with E-state index in [2.05, 4.69) is 10.6 Å². The van der Waals surface area contributed by atoms with Gasteiger partial charge in [-0.05, 0) is 43.7 Å². The van der Waals surface area contributed by atoms with Gasteiger partial charge in [-0.2, -0.15) is 0 Å². The van der Waals surface area contributed by atoms with Gasteiger partial charge in [-0.15, -0.1) is 0 Å². The van der Waals surface area contributed by atoms with E-state index in [9.17, 15) is 14.4 Å². The zero-order valence-electron chi connectivity index (χ0n) is 15.6. The van der Waals surface area contributed by atoms with Crippen LogP contribution in [0.25, 0.3) is 0 Å². The first-order valence-electron chi connectivity index (χ1n) is 8.87. The van der Waals surface area contributed by atoms with Gasteiger partial charge in [0.2, 0.25) is 5.91 Å². The van der Waals surface area contributed by atoms with E-state index in [0.29, 0.717) is 24.4 Å². The van der Waals surface area contributed by atoms with Gasteiger partial charge in [0, 0.05) is 24.2 Å². The molecule has 0 spiro atoms. The average Bonchev–Trinajstić information content (AvgIpc) is 2.66. The van der Waals surface area contributed by atoms with Gasteiger partial charge in [0.25, 0.3) is 5.91 Å². The molecule has 0 aliphatic rings. The van der Waals surface area contributed by atoms with E-state index >= 15 is 0 Å². The number of benzene rings is 2. The lowest BCUT2D eigenvalue weighted by Crippen LogP contribution is -2.23. The number of aryl methyl sites for hydroxylation is 1. The van der Waals surface area contributed by atoms with E-state index in [4.69, 9.17) is 4.74 Å². The molecule has 0 unspecified atom stereocenters. The molecule has 2 N–H and O–H groups in total. The minimum atomic E-state index is -0.381. The van der Waals surface area contributed by atoms with E-state index in [1.807, 2.05) is 31.2 Å². The van der Waals surface area contributed by atoms with Crippen LogP contribution >= 0.6 is 0 Å². The van der Waals surface area contributed by atoms with Gasteiger partial charge in [-0.1, -0.05) is 29.8 Å². The summed E-state index contributed by atoms with van der Waals surface area (Å²) in [5.74, 6) is -0.795. The maximum Gasteiger partial charge on any atom is 0.306 e. The van der Waals surface area contributed by atoms with Crippen molar-refractivity contribution in [2.24, 2.45) is 0 Å². The highest BCUT2D eigenvalue weighted by Crippen LogP contribution is 2.13. The van der Waals surface area contributed by atoms with Crippen LogP contribution in [0.3, 0.4) is 0 Å². The van der Waals surface area contributed by atoms with Crippen molar-refractivity contribution in [1.82, 2.24) is 5.32 Å². The smallest absolute Gasteiger partial charge is 0.306 e. The molecule has 6 heteroatoms. The number of rotatable bonds is 8. The molecule has 2 aromatic rings. The van der Waals surface area contributed by atoms with E-state index in [0.717, 1.165) is 11.1 Å². The fraction of sp³-hybridized carbons (Fsp3) is 0.286. The summed E-state index contributed by atoms with van der Waals surface area (Å²) in [6, 6.07) is 14.6. The molecule has 0 saturated carbocycles. The predicted molar refractivity (Wildman–Crippen MR) is 103 cm³/mol.